The molecule has 1 aromatic carbocycles. The summed E-state index contributed by atoms with van der Waals surface area (Å²) in [5.74, 6) is 1.02. The second kappa shape index (κ2) is 6.44. The SMILES string of the molecule is Cc1cc(N2CCN(C(=O)c3cccc(Br)c3)CC2)ncn1. The molecule has 0 radical (unpaired) electrons. The number of carbonyl (C=O) groups is 1. The van der Waals surface area contributed by atoms with Crippen LogP contribution in [-0.2, 0) is 0 Å². The molecule has 0 N–H and O–H groups in total. The summed E-state index contributed by atoms with van der Waals surface area (Å²) < 4.78 is 0.924. The van der Waals surface area contributed by atoms with E-state index in [0.29, 0.717) is 13.1 Å². The van der Waals surface area contributed by atoms with Crippen LogP contribution in [0.15, 0.2) is 41.1 Å². The minimum Gasteiger partial charge on any atom is -0.353 e. The molecule has 2 aromatic rings. The molecule has 22 heavy (non-hydrogen) atoms. The molecule has 1 saturated heterocycles. The molecule has 0 unspecified atom stereocenters. The summed E-state index contributed by atoms with van der Waals surface area (Å²) in [5.41, 5.74) is 1.68. The molecule has 1 fully saturated rings. The summed E-state index contributed by atoms with van der Waals surface area (Å²) in [7, 11) is 0. The van der Waals surface area contributed by atoms with Crippen LogP contribution in [0.5, 0.6) is 0 Å². The van der Waals surface area contributed by atoms with E-state index < -0.39 is 0 Å². The molecular weight excluding hydrogens is 344 g/mol. The third-order valence-electron chi connectivity index (χ3n) is 3.75. The summed E-state index contributed by atoms with van der Waals surface area (Å²) >= 11 is 3.41. The fraction of sp³-hybridized carbons (Fsp3) is 0.312. The van der Waals surface area contributed by atoms with Crippen molar-refractivity contribution in [3.63, 3.8) is 0 Å². The molecule has 0 aliphatic carbocycles. The Morgan fingerprint density at radius 2 is 1.91 bits per heavy atom. The normalized spacial score (nSPS) is 15.0. The standard InChI is InChI=1S/C16H17BrN4O/c1-12-9-15(19-11-18-12)20-5-7-21(8-6-20)16(22)13-3-2-4-14(17)10-13/h2-4,9-11H,5-8H2,1H3. The average molecular weight is 361 g/mol. The maximum Gasteiger partial charge on any atom is 0.254 e. The number of piperazine rings is 1. The van der Waals surface area contributed by atoms with Crippen LogP contribution in [0, 0.1) is 6.92 Å². The predicted octanol–water partition coefficient (Wildman–Crippen LogP) is 2.51. The highest BCUT2D eigenvalue weighted by Gasteiger charge is 2.23. The molecule has 1 amide bonds. The number of aryl methyl sites for hydroxylation is 1. The number of rotatable bonds is 2. The molecule has 0 spiro atoms. The van der Waals surface area contributed by atoms with Crippen LogP contribution in [0.3, 0.4) is 0 Å². The molecule has 6 heteroatoms. The van der Waals surface area contributed by atoms with Crippen LogP contribution in [0.4, 0.5) is 5.82 Å². The monoisotopic (exact) mass is 360 g/mol. The van der Waals surface area contributed by atoms with E-state index in [-0.39, 0.29) is 5.91 Å². The van der Waals surface area contributed by atoms with Gasteiger partial charge in [0.1, 0.15) is 12.1 Å². The van der Waals surface area contributed by atoms with Crippen LogP contribution < -0.4 is 4.90 Å². The first-order chi connectivity index (χ1) is 10.6. The molecule has 0 bridgehead atoms. The van der Waals surface area contributed by atoms with Crippen molar-refractivity contribution in [3.05, 3.63) is 52.4 Å². The number of halogens is 1. The maximum atomic E-state index is 12.5. The summed E-state index contributed by atoms with van der Waals surface area (Å²) in [6, 6.07) is 9.50. The largest absolute Gasteiger partial charge is 0.353 e. The number of nitrogens with zero attached hydrogens (tertiary/aromatic N) is 4. The Labute approximate surface area is 138 Å². The van der Waals surface area contributed by atoms with Gasteiger partial charge in [0.05, 0.1) is 0 Å². The lowest BCUT2D eigenvalue weighted by atomic mass is 10.2. The van der Waals surface area contributed by atoms with Gasteiger partial charge in [0.25, 0.3) is 5.91 Å². The van der Waals surface area contributed by atoms with E-state index >= 15 is 0 Å². The van der Waals surface area contributed by atoms with Gasteiger partial charge in [-0.3, -0.25) is 4.79 Å². The Balaban J connectivity index is 1.65. The Morgan fingerprint density at radius 1 is 1.14 bits per heavy atom. The van der Waals surface area contributed by atoms with Crippen LogP contribution in [0.25, 0.3) is 0 Å². The van der Waals surface area contributed by atoms with Crippen LogP contribution in [0.1, 0.15) is 16.1 Å². The van der Waals surface area contributed by atoms with Gasteiger partial charge in [0.15, 0.2) is 0 Å². The van der Waals surface area contributed by atoms with Crippen molar-refractivity contribution in [2.75, 3.05) is 31.1 Å². The first-order valence-electron chi connectivity index (χ1n) is 7.22. The predicted molar refractivity (Wildman–Crippen MR) is 89.0 cm³/mol. The molecule has 3 rings (SSSR count). The number of amides is 1. The van der Waals surface area contributed by atoms with Gasteiger partial charge in [-0.2, -0.15) is 0 Å². The minimum atomic E-state index is 0.0832. The highest BCUT2D eigenvalue weighted by Crippen LogP contribution is 2.17. The van der Waals surface area contributed by atoms with E-state index in [1.165, 1.54) is 0 Å². The van der Waals surface area contributed by atoms with Crippen molar-refractivity contribution in [1.82, 2.24) is 14.9 Å². The lowest BCUT2D eigenvalue weighted by molar-refractivity contribution is 0.0746. The van der Waals surface area contributed by atoms with E-state index in [4.69, 9.17) is 0 Å². The second-order valence-electron chi connectivity index (χ2n) is 5.31. The molecule has 1 aliphatic rings. The molecular formula is C16H17BrN4O. The minimum absolute atomic E-state index is 0.0832. The maximum absolute atomic E-state index is 12.5. The van der Waals surface area contributed by atoms with Gasteiger partial charge in [-0.25, -0.2) is 9.97 Å². The Bertz CT molecular complexity index is 683. The lowest BCUT2D eigenvalue weighted by Gasteiger charge is -2.35. The van der Waals surface area contributed by atoms with Gasteiger partial charge in [0, 0.05) is 48.0 Å². The lowest BCUT2D eigenvalue weighted by Crippen LogP contribution is -2.49. The molecule has 0 atom stereocenters. The van der Waals surface area contributed by atoms with Crippen LogP contribution in [0.2, 0.25) is 0 Å². The topological polar surface area (TPSA) is 49.3 Å². The highest BCUT2D eigenvalue weighted by atomic mass is 79.9. The zero-order valence-corrected chi connectivity index (χ0v) is 14.0. The fourth-order valence-corrected chi connectivity index (χ4v) is 2.96. The molecule has 1 aliphatic heterocycles. The first kappa shape index (κ1) is 15.0. The molecule has 2 heterocycles. The molecule has 114 valence electrons. The van der Waals surface area contributed by atoms with E-state index in [1.54, 1.807) is 6.33 Å². The van der Waals surface area contributed by atoms with E-state index in [1.807, 2.05) is 42.2 Å². The second-order valence-corrected chi connectivity index (χ2v) is 6.22. The Hall–Kier alpha value is -1.95. The third-order valence-corrected chi connectivity index (χ3v) is 4.25. The van der Waals surface area contributed by atoms with Gasteiger partial charge >= 0.3 is 0 Å². The van der Waals surface area contributed by atoms with Crippen molar-refractivity contribution in [2.45, 2.75) is 6.92 Å². The van der Waals surface area contributed by atoms with Crippen molar-refractivity contribution >= 4 is 27.7 Å². The van der Waals surface area contributed by atoms with Crippen molar-refractivity contribution < 1.29 is 4.79 Å². The number of aromatic nitrogens is 2. The first-order valence-corrected chi connectivity index (χ1v) is 8.01. The average Bonchev–Trinajstić information content (AvgIpc) is 2.54. The summed E-state index contributed by atoms with van der Waals surface area (Å²) in [5, 5.41) is 0. The number of hydrogen-bond donors (Lipinski definition) is 0. The smallest absolute Gasteiger partial charge is 0.254 e. The zero-order valence-electron chi connectivity index (χ0n) is 12.4. The summed E-state index contributed by atoms with van der Waals surface area (Å²) in [6.45, 7) is 4.94. The number of anilines is 1. The third kappa shape index (κ3) is 3.27. The fourth-order valence-electron chi connectivity index (χ4n) is 2.56. The zero-order chi connectivity index (χ0) is 15.5. The van der Waals surface area contributed by atoms with Crippen LogP contribution >= 0.6 is 15.9 Å². The Morgan fingerprint density at radius 3 is 2.59 bits per heavy atom. The number of hydrogen-bond acceptors (Lipinski definition) is 4. The van der Waals surface area contributed by atoms with E-state index in [2.05, 4.69) is 30.8 Å². The van der Waals surface area contributed by atoms with Gasteiger partial charge < -0.3 is 9.80 Å². The highest BCUT2D eigenvalue weighted by molar-refractivity contribution is 9.10. The van der Waals surface area contributed by atoms with Crippen molar-refractivity contribution in [2.24, 2.45) is 0 Å². The van der Waals surface area contributed by atoms with E-state index in [9.17, 15) is 4.79 Å². The van der Waals surface area contributed by atoms with Crippen molar-refractivity contribution in [1.29, 1.82) is 0 Å². The molecule has 5 nitrogen and oxygen atoms in total. The number of carbonyl (C=O) groups excluding carboxylic acids is 1. The molecule has 0 saturated carbocycles. The van der Waals surface area contributed by atoms with E-state index in [0.717, 1.165) is 34.6 Å². The van der Waals surface area contributed by atoms with Gasteiger partial charge in [-0.1, -0.05) is 22.0 Å². The Kier molecular flexibility index (Phi) is 4.38. The van der Waals surface area contributed by atoms with Crippen LogP contribution in [-0.4, -0.2) is 47.0 Å². The summed E-state index contributed by atoms with van der Waals surface area (Å²) in [6.07, 6.45) is 1.59. The summed E-state index contributed by atoms with van der Waals surface area (Å²) in [4.78, 5) is 25.0. The quantitative estimate of drug-likeness (QED) is 0.825. The van der Waals surface area contributed by atoms with Gasteiger partial charge in [-0.05, 0) is 25.1 Å². The van der Waals surface area contributed by atoms with Gasteiger partial charge in [-0.15, -0.1) is 0 Å². The number of benzene rings is 1. The van der Waals surface area contributed by atoms with Gasteiger partial charge in [0.2, 0.25) is 0 Å². The molecule has 1 aromatic heterocycles. The van der Waals surface area contributed by atoms with Crippen molar-refractivity contribution in [3.8, 4) is 0 Å².